The maximum absolute atomic E-state index is 12.3. The third-order valence-electron chi connectivity index (χ3n) is 3.69. The van der Waals surface area contributed by atoms with Gasteiger partial charge in [0.1, 0.15) is 0 Å². The highest BCUT2D eigenvalue weighted by atomic mass is 32.1. The second-order valence-corrected chi connectivity index (χ2v) is 7.60. The number of amides is 1. The smallest absolute Gasteiger partial charge is 0.267 e. The van der Waals surface area contributed by atoms with Gasteiger partial charge in [-0.1, -0.05) is 37.6 Å². The van der Waals surface area contributed by atoms with E-state index in [0.717, 1.165) is 24.1 Å². The number of nitrogens with zero attached hydrogens (tertiary/aromatic N) is 1. The molecule has 1 amide bonds. The van der Waals surface area contributed by atoms with Crippen LogP contribution in [0.3, 0.4) is 0 Å². The molecule has 1 N–H and O–H groups in total. The number of nitrogens with one attached hydrogen (secondary N) is 1. The van der Waals surface area contributed by atoms with Gasteiger partial charge in [-0.2, -0.15) is 0 Å². The van der Waals surface area contributed by atoms with Crippen LogP contribution in [-0.4, -0.2) is 16.7 Å². The molecule has 0 aliphatic heterocycles. The molecule has 1 aromatic carbocycles. The number of carbonyl (C=O) groups is 2. The predicted molar refractivity (Wildman–Crippen MR) is 104 cm³/mol. The number of thiophene rings is 1. The Balaban J connectivity index is 1.70. The Morgan fingerprint density at radius 2 is 1.80 bits per heavy atom. The average molecular weight is 370 g/mol. The fourth-order valence-corrected chi connectivity index (χ4v) is 3.91. The lowest BCUT2D eigenvalue weighted by Crippen LogP contribution is -2.09. The van der Waals surface area contributed by atoms with Crippen LogP contribution in [0.25, 0.3) is 11.3 Å². The molecule has 0 bridgehead atoms. The Morgan fingerprint density at radius 1 is 1.08 bits per heavy atom. The number of hydrogen-bond acceptors (Lipinski definition) is 5. The lowest BCUT2D eigenvalue weighted by Gasteiger charge is -2.01. The van der Waals surface area contributed by atoms with E-state index in [1.54, 1.807) is 12.1 Å². The van der Waals surface area contributed by atoms with Crippen molar-refractivity contribution in [1.82, 2.24) is 4.98 Å². The van der Waals surface area contributed by atoms with Crippen LogP contribution < -0.4 is 5.32 Å². The quantitative estimate of drug-likeness (QED) is 0.601. The van der Waals surface area contributed by atoms with Gasteiger partial charge in [-0.3, -0.25) is 14.9 Å². The van der Waals surface area contributed by atoms with Gasteiger partial charge in [0.15, 0.2) is 10.9 Å². The monoisotopic (exact) mass is 370 g/mol. The summed E-state index contributed by atoms with van der Waals surface area (Å²) in [6.45, 7) is 3.66. The number of ketones is 1. The van der Waals surface area contributed by atoms with E-state index in [4.69, 9.17) is 0 Å². The van der Waals surface area contributed by atoms with E-state index >= 15 is 0 Å². The summed E-state index contributed by atoms with van der Waals surface area (Å²) in [5, 5.41) is 5.28. The van der Waals surface area contributed by atoms with E-state index in [1.165, 1.54) is 35.2 Å². The summed E-state index contributed by atoms with van der Waals surface area (Å²) in [7, 11) is 0. The van der Waals surface area contributed by atoms with Crippen molar-refractivity contribution in [3.05, 3.63) is 57.1 Å². The molecular weight excluding hydrogens is 352 g/mol. The van der Waals surface area contributed by atoms with E-state index in [-0.39, 0.29) is 11.7 Å². The lowest BCUT2D eigenvalue weighted by atomic mass is 10.1. The van der Waals surface area contributed by atoms with Crippen molar-refractivity contribution in [3.8, 4) is 11.3 Å². The number of hydrogen-bond donors (Lipinski definition) is 1. The van der Waals surface area contributed by atoms with E-state index < -0.39 is 0 Å². The molecule has 2 aromatic heterocycles. The molecule has 0 aliphatic rings. The number of aromatic nitrogens is 1. The molecule has 0 saturated heterocycles. The number of thiazole rings is 1. The first-order chi connectivity index (χ1) is 12.1. The van der Waals surface area contributed by atoms with Crippen LogP contribution in [-0.2, 0) is 6.42 Å². The number of anilines is 1. The Hall–Kier alpha value is -2.31. The molecule has 0 fully saturated rings. The molecule has 4 nitrogen and oxygen atoms in total. The van der Waals surface area contributed by atoms with Crippen molar-refractivity contribution in [2.75, 3.05) is 5.32 Å². The first-order valence-corrected chi connectivity index (χ1v) is 9.73. The van der Waals surface area contributed by atoms with Gasteiger partial charge in [-0.05, 0) is 31.0 Å². The molecule has 0 radical (unpaired) electrons. The molecule has 25 heavy (non-hydrogen) atoms. The summed E-state index contributed by atoms with van der Waals surface area (Å²) in [6, 6.07) is 11.7. The minimum atomic E-state index is -0.239. The van der Waals surface area contributed by atoms with Crippen LogP contribution in [0.1, 0.15) is 45.2 Å². The topological polar surface area (TPSA) is 59.1 Å². The molecule has 3 aromatic rings. The first kappa shape index (κ1) is 17.5. The fourth-order valence-electron chi connectivity index (χ4n) is 2.40. The maximum atomic E-state index is 12.3. The SMILES string of the molecule is CCCc1ccc(-c2csc(NC(=O)c3ccc(C(C)=O)s3)n2)cc1. The van der Waals surface area contributed by atoms with Gasteiger partial charge >= 0.3 is 0 Å². The number of rotatable bonds is 6. The number of carbonyl (C=O) groups excluding carboxylic acids is 2. The van der Waals surface area contributed by atoms with Gasteiger partial charge < -0.3 is 0 Å². The molecule has 0 saturated carbocycles. The van der Waals surface area contributed by atoms with Crippen LogP contribution in [0.5, 0.6) is 0 Å². The van der Waals surface area contributed by atoms with Crippen LogP contribution in [0.4, 0.5) is 5.13 Å². The summed E-state index contributed by atoms with van der Waals surface area (Å²) < 4.78 is 0. The zero-order chi connectivity index (χ0) is 17.8. The van der Waals surface area contributed by atoms with Gasteiger partial charge in [0.25, 0.3) is 5.91 Å². The molecule has 6 heteroatoms. The normalized spacial score (nSPS) is 10.6. The lowest BCUT2D eigenvalue weighted by molar-refractivity contribution is 0.101. The van der Waals surface area contributed by atoms with E-state index in [2.05, 4.69) is 41.5 Å². The molecule has 3 rings (SSSR count). The number of benzene rings is 1. The number of aryl methyl sites for hydroxylation is 1. The standard InChI is InChI=1S/C19H18N2O2S2/c1-3-4-13-5-7-14(8-6-13)15-11-24-19(20-15)21-18(23)17-10-9-16(25-17)12(2)22/h5-11H,3-4H2,1-2H3,(H,20,21,23). The van der Waals surface area contributed by atoms with Crippen molar-refractivity contribution in [2.45, 2.75) is 26.7 Å². The second kappa shape index (κ2) is 7.72. The number of Topliss-reactive ketones (excluding diaryl/α,β-unsaturated/α-hetero) is 1. The maximum Gasteiger partial charge on any atom is 0.267 e. The second-order valence-electron chi connectivity index (χ2n) is 5.66. The molecule has 0 unspecified atom stereocenters. The molecule has 0 aliphatic carbocycles. The third-order valence-corrected chi connectivity index (χ3v) is 5.63. The van der Waals surface area contributed by atoms with Gasteiger partial charge in [0, 0.05) is 10.9 Å². The molecule has 128 valence electrons. The zero-order valence-electron chi connectivity index (χ0n) is 14.0. The molecular formula is C19H18N2O2S2. The van der Waals surface area contributed by atoms with E-state index in [0.29, 0.717) is 14.9 Å². The highest BCUT2D eigenvalue weighted by molar-refractivity contribution is 7.16. The summed E-state index contributed by atoms with van der Waals surface area (Å²) in [5.74, 6) is -0.274. The van der Waals surface area contributed by atoms with Gasteiger partial charge in [-0.15, -0.1) is 22.7 Å². The minimum absolute atomic E-state index is 0.0351. The summed E-state index contributed by atoms with van der Waals surface area (Å²) in [5.41, 5.74) is 3.19. The van der Waals surface area contributed by atoms with Gasteiger partial charge in [-0.25, -0.2) is 4.98 Å². The largest absolute Gasteiger partial charge is 0.297 e. The Labute approximate surface area is 154 Å². The summed E-state index contributed by atoms with van der Waals surface area (Å²) in [6.07, 6.45) is 2.20. The Kier molecular flexibility index (Phi) is 5.40. The van der Waals surface area contributed by atoms with Crippen molar-refractivity contribution in [3.63, 3.8) is 0 Å². The third kappa shape index (κ3) is 4.21. The van der Waals surface area contributed by atoms with Crippen LogP contribution in [0.15, 0.2) is 41.8 Å². The summed E-state index contributed by atoms with van der Waals surface area (Å²) in [4.78, 5) is 29.2. The zero-order valence-corrected chi connectivity index (χ0v) is 15.7. The van der Waals surface area contributed by atoms with Crippen molar-refractivity contribution < 1.29 is 9.59 Å². The van der Waals surface area contributed by atoms with E-state index in [1.807, 2.05) is 5.38 Å². The highest BCUT2D eigenvalue weighted by Crippen LogP contribution is 2.26. The van der Waals surface area contributed by atoms with Gasteiger partial charge in [0.05, 0.1) is 15.4 Å². The van der Waals surface area contributed by atoms with Crippen molar-refractivity contribution in [2.24, 2.45) is 0 Å². The first-order valence-electron chi connectivity index (χ1n) is 8.03. The molecule has 2 heterocycles. The predicted octanol–water partition coefficient (Wildman–Crippen LogP) is 5.28. The van der Waals surface area contributed by atoms with Crippen LogP contribution >= 0.6 is 22.7 Å². The van der Waals surface area contributed by atoms with Crippen LogP contribution in [0.2, 0.25) is 0 Å². The van der Waals surface area contributed by atoms with E-state index in [9.17, 15) is 9.59 Å². The molecule has 0 spiro atoms. The fraction of sp³-hybridized carbons (Fsp3) is 0.211. The minimum Gasteiger partial charge on any atom is -0.297 e. The Bertz CT molecular complexity index is 894. The van der Waals surface area contributed by atoms with Gasteiger partial charge in [0.2, 0.25) is 0 Å². The molecule has 0 atom stereocenters. The average Bonchev–Trinajstić information content (AvgIpc) is 3.25. The van der Waals surface area contributed by atoms with Crippen molar-refractivity contribution in [1.29, 1.82) is 0 Å². The Morgan fingerprint density at radius 3 is 2.44 bits per heavy atom. The highest BCUT2D eigenvalue weighted by Gasteiger charge is 2.13. The van der Waals surface area contributed by atoms with Crippen molar-refractivity contribution >= 4 is 39.5 Å². The van der Waals surface area contributed by atoms with Crippen LogP contribution in [0, 0.1) is 0 Å². The summed E-state index contributed by atoms with van der Waals surface area (Å²) >= 11 is 2.58.